The highest BCUT2D eigenvalue weighted by Crippen LogP contribution is 2.24. The molecule has 1 aliphatic carbocycles. The first kappa shape index (κ1) is 18.7. The number of ether oxygens (including phenoxy) is 1. The third-order valence-electron chi connectivity index (χ3n) is 4.29. The smallest absolute Gasteiger partial charge is 0.332 e. The molecule has 0 saturated heterocycles. The Kier molecular flexibility index (Phi) is 6.33. The molecule has 6 heteroatoms. The predicted octanol–water partition coefficient (Wildman–Crippen LogP) is 3.04. The number of aliphatic carboxylic acids is 2. The molecule has 1 saturated carbocycles. The Balaban J connectivity index is 2.18. The van der Waals surface area contributed by atoms with Crippen LogP contribution in [0.25, 0.3) is 6.08 Å². The Morgan fingerprint density at radius 3 is 2.28 bits per heavy atom. The molecule has 0 spiro atoms. The number of carbonyl (C=O) groups is 3. The molecule has 0 heterocycles. The van der Waals surface area contributed by atoms with E-state index in [4.69, 9.17) is 4.74 Å². The summed E-state index contributed by atoms with van der Waals surface area (Å²) in [5.74, 6) is -4.84. The topological polar surface area (TPSA) is 101 Å². The van der Waals surface area contributed by atoms with Gasteiger partial charge >= 0.3 is 17.9 Å². The van der Waals surface area contributed by atoms with Crippen LogP contribution in [0.2, 0.25) is 0 Å². The van der Waals surface area contributed by atoms with Crippen LogP contribution in [-0.4, -0.2) is 34.2 Å². The fourth-order valence-corrected chi connectivity index (χ4v) is 2.89. The van der Waals surface area contributed by atoms with Crippen molar-refractivity contribution >= 4 is 24.0 Å². The van der Waals surface area contributed by atoms with Crippen LogP contribution in [0, 0.1) is 12.8 Å². The number of carbonyl (C=O) groups excluding carboxylic acids is 1. The number of rotatable bonds is 7. The second-order valence-corrected chi connectivity index (χ2v) is 6.31. The monoisotopic (exact) mass is 346 g/mol. The van der Waals surface area contributed by atoms with Gasteiger partial charge in [-0.05, 0) is 44.2 Å². The van der Waals surface area contributed by atoms with Crippen molar-refractivity contribution in [1.29, 1.82) is 0 Å². The molecule has 0 bridgehead atoms. The summed E-state index contributed by atoms with van der Waals surface area (Å²) in [7, 11) is 0. The summed E-state index contributed by atoms with van der Waals surface area (Å²) in [5.41, 5.74) is 1.24. The average molecular weight is 346 g/mol. The number of carboxylic acids is 2. The molecule has 0 amide bonds. The van der Waals surface area contributed by atoms with Gasteiger partial charge in [0.05, 0.1) is 17.9 Å². The zero-order valence-electron chi connectivity index (χ0n) is 14.1. The van der Waals surface area contributed by atoms with E-state index in [9.17, 15) is 24.6 Å². The van der Waals surface area contributed by atoms with Crippen molar-refractivity contribution in [2.45, 2.75) is 45.1 Å². The highest BCUT2D eigenvalue weighted by Gasteiger charge is 2.31. The average Bonchev–Trinajstić information content (AvgIpc) is 3.05. The third kappa shape index (κ3) is 5.45. The van der Waals surface area contributed by atoms with Crippen molar-refractivity contribution in [2.24, 2.45) is 5.92 Å². The van der Waals surface area contributed by atoms with Crippen LogP contribution in [0.3, 0.4) is 0 Å². The second-order valence-electron chi connectivity index (χ2n) is 6.31. The van der Waals surface area contributed by atoms with E-state index >= 15 is 0 Å². The van der Waals surface area contributed by atoms with Gasteiger partial charge in [-0.15, -0.1) is 0 Å². The van der Waals surface area contributed by atoms with Crippen molar-refractivity contribution in [3.05, 3.63) is 41.0 Å². The number of carboxylic acid groups (broad SMARTS) is 2. The van der Waals surface area contributed by atoms with Gasteiger partial charge in [0.2, 0.25) is 0 Å². The lowest BCUT2D eigenvalue weighted by Crippen LogP contribution is -2.26. The van der Waals surface area contributed by atoms with Gasteiger partial charge in [0.25, 0.3) is 0 Å². The van der Waals surface area contributed by atoms with Crippen LogP contribution in [0.4, 0.5) is 0 Å². The Morgan fingerprint density at radius 2 is 1.76 bits per heavy atom. The number of aryl methyl sites for hydroxylation is 1. The summed E-state index contributed by atoms with van der Waals surface area (Å²) in [6.07, 6.45) is 4.13. The minimum absolute atomic E-state index is 0.184. The Labute approximate surface area is 146 Å². The highest BCUT2D eigenvalue weighted by molar-refractivity contribution is 5.99. The molecule has 1 aliphatic rings. The van der Waals surface area contributed by atoms with E-state index in [-0.39, 0.29) is 11.7 Å². The zero-order valence-corrected chi connectivity index (χ0v) is 14.1. The summed E-state index contributed by atoms with van der Waals surface area (Å²) < 4.78 is 5.27. The lowest BCUT2D eigenvalue weighted by Gasteiger charge is -2.16. The van der Waals surface area contributed by atoms with E-state index in [1.165, 1.54) is 6.08 Å². The van der Waals surface area contributed by atoms with Gasteiger partial charge in [-0.3, -0.25) is 9.59 Å². The first-order valence-corrected chi connectivity index (χ1v) is 8.30. The van der Waals surface area contributed by atoms with Crippen LogP contribution < -0.4 is 0 Å². The molecule has 1 unspecified atom stereocenters. The van der Waals surface area contributed by atoms with Crippen LogP contribution in [0.5, 0.6) is 0 Å². The molecule has 1 atom stereocenters. The molecule has 2 N–H and O–H groups in total. The standard InChI is InChI=1S/C19H22O6/c1-12-6-8-13(9-7-12)10-15(18(21)22)16(19(23)24)11-17(20)25-14-4-2-3-5-14/h6-10,14,16H,2-5,11H2,1H3,(H,21,22)(H,23,24). The van der Waals surface area contributed by atoms with Crippen molar-refractivity contribution < 1.29 is 29.3 Å². The Bertz CT molecular complexity index is 668. The third-order valence-corrected chi connectivity index (χ3v) is 4.29. The zero-order chi connectivity index (χ0) is 18.4. The van der Waals surface area contributed by atoms with E-state index < -0.39 is 30.2 Å². The SMILES string of the molecule is Cc1ccc(C=C(C(=O)O)C(CC(=O)OC2CCCC2)C(=O)O)cc1. The molecule has 0 radical (unpaired) electrons. The van der Waals surface area contributed by atoms with Crippen LogP contribution in [0.15, 0.2) is 29.8 Å². The quantitative estimate of drug-likeness (QED) is 0.581. The lowest BCUT2D eigenvalue weighted by atomic mass is 9.93. The molecule has 2 rings (SSSR count). The number of esters is 1. The van der Waals surface area contributed by atoms with Gasteiger partial charge in [-0.25, -0.2) is 4.79 Å². The largest absolute Gasteiger partial charge is 0.481 e. The van der Waals surface area contributed by atoms with E-state index in [1.807, 2.05) is 6.92 Å². The maximum Gasteiger partial charge on any atom is 0.332 e. The van der Waals surface area contributed by atoms with Gasteiger partial charge < -0.3 is 14.9 Å². The van der Waals surface area contributed by atoms with Gasteiger partial charge in [0, 0.05) is 0 Å². The summed E-state index contributed by atoms with van der Waals surface area (Å²) in [6, 6.07) is 7.01. The van der Waals surface area contributed by atoms with Crippen molar-refractivity contribution in [3.8, 4) is 0 Å². The van der Waals surface area contributed by atoms with Crippen LogP contribution >= 0.6 is 0 Å². The van der Waals surface area contributed by atoms with Crippen LogP contribution in [-0.2, 0) is 19.1 Å². The lowest BCUT2D eigenvalue weighted by molar-refractivity contribution is -0.154. The first-order chi connectivity index (χ1) is 11.9. The summed E-state index contributed by atoms with van der Waals surface area (Å²) in [5, 5.41) is 18.8. The van der Waals surface area contributed by atoms with Crippen LogP contribution in [0.1, 0.15) is 43.2 Å². The summed E-state index contributed by atoms with van der Waals surface area (Å²) >= 11 is 0. The minimum Gasteiger partial charge on any atom is -0.481 e. The van der Waals surface area contributed by atoms with Crippen molar-refractivity contribution in [2.75, 3.05) is 0 Å². The van der Waals surface area contributed by atoms with E-state index in [1.54, 1.807) is 24.3 Å². The van der Waals surface area contributed by atoms with E-state index in [0.717, 1.165) is 31.2 Å². The van der Waals surface area contributed by atoms with Gasteiger partial charge in [0.15, 0.2) is 0 Å². The molecule has 6 nitrogen and oxygen atoms in total. The van der Waals surface area contributed by atoms with Crippen molar-refractivity contribution in [1.82, 2.24) is 0 Å². The molecule has 1 aromatic rings. The summed E-state index contributed by atoms with van der Waals surface area (Å²) in [6.45, 7) is 1.89. The number of hydrogen-bond donors (Lipinski definition) is 2. The number of benzene rings is 1. The molecular formula is C19H22O6. The fraction of sp³-hybridized carbons (Fsp3) is 0.421. The molecule has 1 aromatic carbocycles. The fourth-order valence-electron chi connectivity index (χ4n) is 2.89. The molecule has 25 heavy (non-hydrogen) atoms. The van der Waals surface area contributed by atoms with Gasteiger partial charge in [-0.1, -0.05) is 29.8 Å². The second kappa shape index (κ2) is 8.46. The predicted molar refractivity (Wildman–Crippen MR) is 90.9 cm³/mol. The normalized spacial score (nSPS) is 16.4. The molecular weight excluding hydrogens is 324 g/mol. The Hall–Kier alpha value is -2.63. The molecule has 1 fully saturated rings. The Morgan fingerprint density at radius 1 is 1.16 bits per heavy atom. The maximum absolute atomic E-state index is 12.0. The van der Waals surface area contributed by atoms with E-state index in [2.05, 4.69) is 0 Å². The number of hydrogen-bond acceptors (Lipinski definition) is 4. The van der Waals surface area contributed by atoms with Gasteiger partial charge in [0.1, 0.15) is 6.10 Å². The molecule has 0 aliphatic heterocycles. The molecule has 0 aromatic heterocycles. The summed E-state index contributed by atoms with van der Waals surface area (Å²) in [4.78, 5) is 35.1. The van der Waals surface area contributed by atoms with E-state index in [0.29, 0.717) is 5.56 Å². The maximum atomic E-state index is 12.0. The van der Waals surface area contributed by atoms with Gasteiger partial charge in [-0.2, -0.15) is 0 Å². The molecule has 134 valence electrons. The highest BCUT2D eigenvalue weighted by atomic mass is 16.5. The minimum atomic E-state index is -1.45. The van der Waals surface area contributed by atoms with Crippen molar-refractivity contribution in [3.63, 3.8) is 0 Å². The first-order valence-electron chi connectivity index (χ1n) is 8.30.